The summed E-state index contributed by atoms with van der Waals surface area (Å²) in [6, 6.07) is 18.1. The quantitative estimate of drug-likeness (QED) is 0.644. The zero-order chi connectivity index (χ0) is 17.6. The van der Waals surface area contributed by atoms with Crippen molar-refractivity contribution in [2.75, 3.05) is 17.2 Å². The van der Waals surface area contributed by atoms with Crippen LogP contribution < -0.4 is 10.6 Å². The molecule has 3 aromatic rings. The van der Waals surface area contributed by atoms with Gasteiger partial charge in [0.25, 0.3) is 0 Å². The summed E-state index contributed by atoms with van der Waals surface area (Å²) in [4.78, 5) is 8.90. The van der Waals surface area contributed by atoms with Crippen molar-refractivity contribution in [3.8, 4) is 0 Å². The SMILES string of the molecule is Cc1ccc(Nc2cc(NCCc3ccc(Cl)cc3)nc(C)n2)cc1. The highest BCUT2D eigenvalue weighted by Crippen LogP contribution is 2.18. The molecule has 0 atom stereocenters. The monoisotopic (exact) mass is 352 g/mol. The number of hydrogen-bond acceptors (Lipinski definition) is 4. The Morgan fingerprint density at radius 1 is 0.880 bits per heavy atom. The van der Waals surface area contributed by atoms with E-state index in [-0.39, 0.29) is 0 Å². The molecule has 0 unspecified atom stereocenters. The Kier molecular flexibility index (Phi) is 5.51. The minimum Gasteiger partial charge on any atom is -0.370 e. The van der Waals surface area contributed by atoms with E-state index >= 15 is 0 Å². The van der Waals surface area contributed by atoms with Gasteiger partial charge in [0.05, 0.1) is 0 Å². The van der Waals surface area contributed by atoms with Crippen LogP contribution in [0.2, 0.25) is 5.02 Å². The van der Waals surface area contributed by atoms with E-state index in [1.165, 1.54) is 11.1 Å². The topological polar surface area (TPSA) is 49.8 Å². The van der Waals surface area contributed by atoms with Crippen molar-refractivity contribution in [3.05, 3.63) is 76.6 Å². The van der Waals surface area contributed by atoms with Gasteiger partial charge in [-0.2, -0.15) is 0 Å². The molecule has 0 saturated heterocycles. The van der Waals surface area contributed by atoms with Gasteiger partial charge in [-0.05, 0) is 50.1 Å². The van der Waals surface area contributed by atoms with Gasteiger partial charge in [-0.3, -0.25) is 0 Å². The van der Waals surface area contributed by atoms with E-state index in [9.17, 15) is 0 Å². The smallest absolute Gasteiger partial charge is 0.136 e. The third kappa shape index (κ3) is 5.19. The van der Waals surface area contributed by atoms with Crippen LogP contribution in [0.25, 0.3) is 0 Å². The maximum absolute atomic E-state index is 5.91. The number of halogens is 1. The first-order chi connectivity index (χ1) is 12.1. The molecule has 0 bridgehead atoms. The van der Waals surface area contributed by atoms with Gasteiger partial charge in [0.2, 0.25) is 0 Å². The van der Waals surface area contributed by atoms with Crippen molar-refractivity contribution in [1.82, 2.24) is 9.97 Å². The van der Waals surface area contributed by atoms with Crippen LogP contribution in [0.4, 0.5) is 17.3 Å². The fraction of sp³-hybridized carbons (Fsp3) is 0.200. The molecule has 3 rings (SSSR count). The molecule has 0 aliphatic carbocycles. The fourth-order valence-corrected chi connectivity index (χ4v) is 2.62. The first-order valence-corrected chi connectivity index (χ1v) is 8.64. The Bertz CT molecular complexity index is 829. The Morgan fingerprint density at radius 2 is 1.56 bits per heavy atom. The zero-order valence-corrected chi connectivity index (χ0v) is 15.1. The maximum atomic E-state index is 5.91. The van der Waals surface area contributed by atoms with E-state index in [4.69, 9.17) is 11.6 Å². The molecule has 5 heteroatoms. The van der Waals surface area contributed by atoms with Gasteiger partial charge in [0.1, 0.15) is 17.5 Å². The van der Waals surface area contributed by atoms with Gasteiger partial charge >= 0.3 is 0 Å². The Hall–Kier alpha value is -2.59. The molecule has 0 radical (unpaired) electrons. The van der Waals surface area contributed by atoms with Crippen molar-refractivity contribution >= 4 is 28.9 Å². The molecule has 128 valence electrons. The highest BCUT2D eigenvalue weighted by atomic mass is 35.5. The van der Waals surface area contributed by atoms with Crippen LogP contribution >= 0.6 is 11.6 Å². The number of aromatic nitrogens is 2. The first-order valence-electron chi connectivity index (χ1n) is 8.26. The van der Waals surface area contributed by atoms with Crippen LogP contribution in [0.15, 0.2) is 54.6 Å². The van der Waals surface area contributed by atoms with Gasteiger partial charge < -0.3 is 10.6 Å². The average molecular weight is 353 g/mol. The standard InChI is InChI=1S/C20H21ClN4/c1-14-3-9-18(10-4-14)25-20-13-19(23-15(2)24-20)22-12-11-16-5-7-17(21)8-6-16/h3-10,13H,11-12H2,1-2H3,(H2,22,23,24,25). The van der Waals surface area contributed by atoms with Crippen LogP contribution in [0.3, 0.4) is 0 Å². The van der Waals surface area contributed by atoms with Gasteiger partial charge in [0, 0.05) is 23.3 Å². The van der Waals surface area contributed by atoms with Crippen LogP contribution in [-0.2, 0) is 6.42 Å². The Morgan fingerprint density at radius 3 is 2.28 bits per heavy atom. The lowest BCUT2D eigenvalue weighted by molar-refractivity contribution is 0.983. The molecule has 4 nitrogen and oxygen atoms in total. The fourth-order valence-electron chi connectivity index (χ4n) is 2.49. The van der Waals surface area contributed by atoms with Crippen molar-refractivity contribution in [1.29, 1.82) is 0 Å². The molecule has 2 aromatic carbocycles. The minimum absolute atomic E-state index is 0.728. The molecule has 0 aliphatic rings. The molecule has 1 aromatic heterocycles. The Balaban J connectivity index is 1.62. The number of nitrogens with zero attached hydrogens (tertiary/aromatic N) is 2. The highest BCUT2D eigenvalue weighted by molar-refractivity contribution is 6.30. The van der Waals surface area contributed by atoms with Crippen molar-refractivity contribution in [3.63, 3.8) is 0 Å². The number of nitrogens with one attached hydrogen (secondary N) is 2. The molecule has 1 heterocycles. The van der Waals surface area contributed by atoms with E-state index in [1.54, 1.807) is 0 Å². The summed E-state index contributed by atoms with van der Waals surface area (Å²) in [7, 11) is 0. The zero-order valence-electron chi connectivity index (χ0n) is 14.4. The van der Waals surface area contributed by atoms with Gasteiger partial charge in [0.15, 0.2) is 0 Å². The number of hydrogen-bond donors (Lipinski definition) is 2. The normalized spacial score (nSPS) is 10.5. The molecule has 0 spiro atoms. The summed E-state index contributed by atoms with van der Waals surface area (Å²) in [6.07, 6.45) is 0.904. The van der Waals surface area contributed by atoms with Crippen molar-refractivity contribution in [2.45, 2.75) is 20.3 Å². The molecule has 2 N–H and O–H groups in total. The van der Waals surface area contributed by atoms with Crippen LogP contribution in [-0.4, -0.2) is 16.5 Å². The largest absolute Gasteiger partial charge is 0.370 e. The molecular weight excluding hydrogens is 332 g/mol. The summed E-state index contributed by atoms with van der Waals surface area (Å²) in [5.74, 6) is 2.33. The second-order valence-electron chi connectivity index (χ2n) is 5.98. The highest BCUT2D eigenvalue weighted by Gasteiger charge is 2.03. The second-order valence-corrected chi connectivity index (χ2v) is 6.42. The summed E-state index contributed by atoms with van der Waals surface area (Å²) in [5, 5.41) is 7.44. The molecule has 25 heavy (non-hydrogen) atoms. The lowest BCUT2D eigenvalue weighted by atomic mass is 10.1. The molecule has 0 aliphatic heterocycles. The van der Waals surface area contributed by atoms with E-state index in [0.717, 1.165) is 41.1 Å². The third-order valence-corrected chi connectivity index (χ3v) is 4.05. The summed E-state index contributed by atoms with van der Waals surface area (Å²) < 4.78 is 0. The van der Waals surface area contributed by atoms with Crippen LogP contribution in [0, 0.1) is 13.8 Å². The van der Waals surface area contributed by atoms with Gasteiger partial charge in [-0.15, -0.1) is 0 Å². The number of rotatable bonds is 6. The Labute approximate surface area is 153 Å². The molecule has 0 amide bonds. The first kappa shape index (κ1) is 17.2. The lowest BCUT2D eigenvalue weighted by Gasteiger charge is -2.10. The van der Waals surface area contributed by atoms with Crippen LogP contribution in [0.1, 0.15) is 17.0 Å². The van der Waals surface area contributed by atoms with E-state index in [0.29, 0.717) is 0 Å². The molecule has 0 fully saturated rings. The van der Waals surface area contributed by atoms with Crippen LogP contribution in [0.5, 0.6) is 0 Å². The summed E-state index contributed by atoms with van der Waals surface area (Å²) in [5.41, 5.74) is 3.48. The van der Waals surface area contributed by atoms with E-state index in [1.807, 2.05) is 49.4 Å². The van der Waals surface area contributed by atoms with E-state index in [2.05, 4.69) is 39.7 Å². The minimum atomic E-state index is 0.728. The number of benzene rings is 2. The molecular formula is C20H21ClN4. The second kappa shape index (κ2) is 7.99. The summed E-state index contributed by atoms with van der Waals surface area (Å²) in [6.45, 7) is 4.76. The lowest BCUT2D eigenvalue weighted by Crippen LogP contribution is -2.08. The van der Waals surface area contributed by atoms with Gasteiger partial charge in [-0.1, -0.05) is 41.4 Å². The number of aryl methyl sites for hydroxylation is 2. The molecule has 0 saturated carbocycles. The number of anilines is 3. The van der Waals surface area contributed by atoms with Crippen molar-refractivity contribution in [2.24, 2.45) is 0 Å². The maximum Gasteiger partial charge on any atom is 0.136 e. The predicted molar refractivity (Wildman–Crippen MR) is 105 cm³/mol. The van der Waals surface area contributed by atoms with Crippen molar-refractivity contribution < 1.29 is 0 Å². The third-order valence-electron chi connectivity index (χ3n) is 3.79. The summed E-state index contributed by atoms with van der Waals surface area (Å²) >= 11 is 5.91. The van der Waals surface area contributed by atoms with Gasteiger partial charge in [-0.25, -0.2) is 9.97 Å². The predicted octanol–water partition coefficient (Wildman–Crippen LogP) is 5.15. The average Bonchev–Trinajstić information content (AvgIpc) is 2.58. The van der Waals surface area contributed by atoms with E-state index < -0.39 is 0 Å².